The van der Waals surface area contributed by atoms with Crippen molar-refractivity contribution < 1.29 is 27.8 Å². The monoisotopic (exact) mass is 514 g/mol. The Hall–Kier alpha value is -3.79. The number of para-hydroxylation sites is 1. The molecule has 7 nitrogen and oxygen atoms in total. The largest absolute Gasteiger partial charge is 0.497 e. The number of fused-ring (bicyclic) bond motifs is 1. The Balaban J connectivity index is 1.94. The van der Waals surface area contributed by atoms with Crippen molar-refractivity contribution in [3.05, 3.63) is 90.6 Å². The summed E-state index contributed by atoms with van der Waals surface area (Å²) >= 11 is 1.09. The summed E-state index contributed by atoms with van der Waals surface area (Å²) in [4.78, 5) is 31.7. The molecule has 1 aliphatic rings. The van der Waals surface area contributed by atoms with Gasteiger partial charge in [0.05, 0.1) is 35.1 Å². The lowest BCUT2D eigenvalue weighted by Gasteiger charge is -2.25. The minimum atomic E-state index is -3.01. The van der Waals surface area contributed by atoms with Crippen molar-refractivity contribution in [2.45, 2.75) is 39.5 Å². The van der Waals surface area contributed by atoms with Crippen molar-refractivity contribution >= 4 is 23.4 Å². The molecule has 10 heteroatoms. The van der Waals surface area contributed by atoms with Gasteiger partial charge in [-0.25, -0.2) is 9.79 Å². The molecule has 0 unspecified atom stereocenters. The fourth-order valence-electron chi connectivity index (χ4n) is 3.93. The molecule has 188 valence electrons. The summed E-state index contributed by atoms with van der Waals surface area (Å²) in [5.41, 5.74) is 1.17. The summed E-state index contributed by atoms with van der Waals surface area (Å²) in [6.07, 6.45) is 1.11. The van der Waals surface area contributed by atoms with Crippen LogP contribution in [0.15, 0.2) is 69.6 Å². The maximum atomic E-state index is 13.7. The first kappa shape index (κ1) is 25.3. The third kappa shape index (κ3) is 5.08. The highest BCUT2D eigenvalue weighted by molar-refractivity contribution is 7.07. The van der Waals surface area contributed by atoms with Gasteiger partial charge in [0.25, 0.3) is 5.56 Å². The predicted octanol–water partition coefficient (Wildman–Crippen LogP) is 3.80. The van der Waals surface area contributed by atoms with Gasteiger partial charge in [0.2, 0.25) is 0 Å². The summed E-state index contributed by atoms with van der Waals surface area (Å²) in [5, 5.41) is 0. The normalized spacial score (nSPS) is 15.7. The van der Waals surface area contributed by atoms with E-state index in [2.05, 4.69) is 9.73 Å². The number of carbonyl (C=O) groups excluding carboxylic acids is 1. The number of nitrogens with zero attached hydrogens (tertiary/aromatic N) is 2. The quantitative estimate of drug-likeness (QED) is 0.449. The Morgan fingerprint density at radius 3 is 2.61 bits per heavy atom. The molecule has 2 aromatic carbocycles. The van der Waals surface area contributed by atoms with Gasteiger partial charge in [0.15, 0.2) is 4.80 Å². The molecule has 0 fully saturated rings. The minimum Gasteiger partial charge on any atom is -0.497 e. The molecule has 1 aromatic heterocycles. The highest BCUT2D eigenvalue weighted by Crippen LogP contribution is 2.32. The summed E-state index contributed by atoms with van der Waals surface area (Å²) in [5.74, 6) is -0.0805. The van der Waals surface area contributed by atoms with E-state index in [9.17, 15) is 18.4 Å². The second-order valence-electron chi connectivity index (χ2n) is 8.23. The van der Waals surface area contributed by atoms with E-state index in [1.807, 2.05) is 0 Å². The molecule has 2 heterocycles. The molecule has 0 aliphatic carbocycles. The Morgan fingerprint density at radius 1 is 1.17 bits per heavy atom. The molecule has 0 radical (unpaired) electrons. The number of ether oxygens (including phenoxy) is 3. The number of thiazole rings is 1. The van der Waals surface area contributed by atoms with Crippen LogP contribution < -0.4 is 24.4 Å². The summed E-state index contributed by atoms with van der Waals surface area (Å²) in [6, 6.07) is 12.4. The molecular weight excluding hydrogens is 490 g/mol. The van der Waals surface area contributed by atoms with Gasteiger partial charge in [-0.1, -0.05) is 41.7 Å². The van der Waals surface area contributed by atoms with E-state index in [1.54, 1.807) is 63.2 Å². The number of hydrogen-bond donors (Lipinski definition) is 0. The Bertz CT molecular complexity index is 1510. The Kier molecular flexibility index (Phi) is 7.35. The zero-order valence-electron chi connectivity index (χ0n) is 20.0. The zero-order valence-corrected chi connectivity index (χ0v) is 20.8. The van der Waals surface area contributed by atoms with E-state index >= 15 is 0 Å². The van der Waals surface area contributed by atoms with Gasteiger partial charge in [0.1, 0.15) is 11.5 Å². The lowest BCUT2D eigenvalue weighted by molar-refractivity contribution is -0.143. The van der Waals surface area contributed by atoms with E-state index in [0.717, 1.165) is 11.3 Å². The Labute approximate surface area is 209 Å². The van der Waals surface area contributed by atoms with E-state index in [1.165, 1.54) is 23.8 Å². The van der Waals surface area contributed by atoms with E-state index < -0.39 is 24.2 Å². The smallest absolute Gasteiger partial charge is 0.387 e. The lowest BCUT2D eigenvalue weighted by atomic mass is 9.95. The van der Waals surface area contributed by atoms with Crippen LogP contribution in [0.25, 0.3) is 6.08 Å². The van der Waals surface area contributed by atoms with Crippen LogP contribution in [0.2, 0.25) is 0 Å². The van der Waals surface area contributed by atoms with Gasteiger partial charge in [-0.05, 0) is 50.6 Å². The van der Waals surface area contributed by atoms with Crippen LogP contribution >= 0.6 is 11.3 Å². The molecule has 0 saturated carbocycles. The van der Waals surface area contributed by atoms with Gasteiger partial charge >= 0.3 is 12.6 Å². The molecule has 0 amide bonds. The van der Waals surface area contributed by atoms with Crippen LogP contribution in [0.1, 0.15) is 37.9 Å². The third-order valence-corrected chi connectivity index (χ3v) is 6.40. The molecule has 0 bridgehead atoms. The van der Waals surface area contributed by atoms with Crippen LogP contribution in [0.3, 0.4) is 0 Å². The van der Waals surface area contributed by atoms with Crippen molar-refractivity contribution in [1.82, 2.24) is 4.57 Å². The molecule has 1 atom stereocenters. The van der Waals surface area contributed by atoms with E-state index in [0.29, 0.717) is 27.4 Å². The molecule has 4 rings (SSSR count). The number of hydrogen-bond acceptors (Lipinski definition) is 7. The zero-order chi connectivity index (χ0) is 26.0. The van der Waals surface area contributed by atoms with Crippen LogP contribution in [-0.2, 0) is 9.53 Å². The van der Waals surface area contributed by atoms with Crippen molar-refractivity contribution in [1.29, 1.82) is 0 Å². The number of halogens is 2. The number of allylic oxidation sites excluding steroid dienone is 1. The topological polar surface area (TPSA) is 79.1 Å². The summed E-state index contributed by atoms with van der Waals surface area (Å²) in [6.45, 7) is 2.16. The first-order chi connectivity index (χ1) is 17.2. The predicted molar refractivity (Wildman–Crippen MR) is 131 cm³/mol. The van der Waals surface area contributed by atoms with Crippen molar-refractivity contribution in [3.63, 3.8) is 0 Å². The second kappa shape index (κ2) is 10.4. The van der Waals surface area contributed by atoms with E-state index in [-0.39, 0.29) is 22.0 Å². The van der Waals surface area contributed by atoms with Gasteiger partial charge in [-0.2, -0.15) is 8.78 Å². The Morgan fingerprint density at radius 2 is 1.92 bits per heavy atom. The van der Waals surface area contributed by atoms with Gasteiger partial charge in [-0.15, -0.1) is 0 Å². The third-order valence-electron chi connectivity index (χ3n) is 5.42. The van der Waals surface area contributed by atoms with Crippen molar-refractivity contribution in [2.75, 3.05) is 7.11 Å². The fourth-order valence-corrected chi connectivity index (χ4v) is 4.97. The molecular formula is C26H24F2N2O5S. The van der Waals surface area contributed by atoms with Crippen LogP contribution in [0, 0.1) is 0 Å². The van der Waals surface area contributed by atoms with Crippen molar-refractivity contribution in [2.24, 2.45) is 4.99 Å². The molecule has 0 saturated heterocycles. The molecule has 36 heavy (non-hydrogen) atoms. The van der Waals surface area contributed by atoms with Crippen molar-refractivity contribution in [3.8, 4) is 11.5 Å². The van der Waals surface area contributed by atoms with Gasteiger partial charge in [0, 0.05) is 5.56 Å². The number of esters is 1. The van der Waals surface area contributed by atoms with Gasteiger partial charge < -0.3 is 14.2 Å². The molecule has 1 aliphatic heterocycles. The molecule has 0 N–H and O–H groups in total. The lowest BCUT2D eigenvalue weighted by Crippen LogP contribution is -2.40. The van der Waals surface area contributed by atoms with Crippen LogP contribution in [0.5, 0.6) is 11.5 Å². The minimum absolute atomic E-state index is 0.0555. The summed E-state index contributed by atoms with van der Waals surface area (Å²) < 4.78 is 42.9. The van der Waals surface area contributed by atoms with Crippen LogP contribution in [0.4, 0.5) is 8.78 Å². The number of benzene rings is 2. The molecule has 3 aromatic rings. The second-order valence-corrected chi connectivity index (χ2v) is 9.24. The number of methoxy groups -OCH3 is 1. The van der Waals surface area contributed by atoms with Gasteiger partial charge in [-0.3, -0.25) is 9.36 Å². The SMILES string of the molecule is COc1cccc([C@H]2C(C(=O)OC(C)C)=C(C)N=c3s/c(=C\c4ccccc4OC(F)F)c(=O)n32)c1. The first-order valence-corrected chi connectivity index (χ1v) is 11.9. The average Bonchev–Trinajstić information content (AvgIpc) is 3.13. The number of carbonyl (C=O) groups is 1. The van der Waals surface area contributed by atoms with E-state index in [4.69, 9.17) is 9.47 Å². The average molecular weight is 515 g/mol. The number of rotatable bonds is 7. The molecule has 0 spiro atoms. The number of aromatic nitrogens is 1. The number of alkyl halides is 2. The van der Waals surface area contributed by atoms with Crippen LogP contribution in [-0.4, -0.2) is 30.4 Å². The standard InChI is InChI=1S/C26H24F2N2O5S/c1-14(2)34-24(32)21-15(3)29-26-30(22(21)17-9-7-10-18(12-17)33-4)23(31)20(36-26)13-16-8-5-6-11-19(16)35-25(27)28/h5-14,22,25H,1-4H3/b20-13-/t22-/m0/s1. The highest BCUT2D eigenvalue weighted by Gasteiger charge is 2.34. The maximum Gasteiger partial charge on any atom is 0.387 e. The maximum absolute atomic E-state index is 13.7. The fraction of sp³-hybridized carbons (Fsp3) is 0.269. The summed E-state index contributed by atoms with van der Waals surface area (Å²) in [7, 11) is 1.53. The first-order valence-electron chi connectivity index (χ1n) is 11.1. The highest BCUT2D eigenvalue weighted by atomic mass is 32.1.